The molecular weight excluding hydrogens is 164 g/mol. The molecule has 4 nitrogen and oxygen atoms in total. The summed E-state index contributed by atoms with van der Waals surface area (Å²) < 4.78 is 0. The van der Waals surface area contributed by atoms with Gasteiger partial charge in [0.2, 0.25) is 0 Å². The van der Waals surface area contributed by atoms with Gasteiger partial charge in [-0.25, -0.2) is 9.97 Å². The summed E-state index contributed by atoms with van der Waals surface area (Å²) in [7, 11) is 0. The Labute approximate surface area is 75.8 Å². The number of nitrogens with zero attached hydrogens (tertiary/aromatic N) is 2. The van der Waals surface area contributed by atoms with Crippen LogP contribution < -0.4 is 5.73 Å². The third kappa shape index (κ3) is 1.51. The number of hydrogen-bond donors (Lipinski definition) is 2. The van der Waals surface area contributed by atoms with Crippen molar-refractivity contribution in [2.75, 3.05) is 5.73 Å². The average molecular weight is 174 g/mol. The Balaban J connectivity index is 2.41. The molecule has 0 aliphatic rings. The molecule has 4 heteroatoms. The zero-order valence-electron chi connectivity index (χ0n) is 7.28. The van der Waals surface area contributed by atoms with E-state index in [0.29, 0.717) is 5.82 Å². The Morgan fingerprint density at radius 2 is 2.08 bits per heavy atom. The Bertz CT molecular complexity index is 402. The maximum Gasteiger partial charge on any atom is 0.139 e. The van der Waals surface area contributed by atoms with Crippen molar-refractivity contribution < 1.29 is 0 Å². The Morgan fingerprint density at radius 1 is 1.23 bits per heavy atom. The van der Waals surface area contributed by atoms with Crippen LogP contribution in [0.25, 0.3) is 11.4 Å². The minimum Gasteiger partial charge on any atom is -0.384 e. The van der Waals surface area contributed by atoms with Crippen LogP contribution in [0.15, 0.2) is 24.5 Å². The number of anilines is 1. The number of aromatic amines is 1. The van der Waals surface area contributed by atoms with Crippen molar-refractivity contribution in [2.45, 2.75) is 6.92 Å². The molecule has 2 aromatic heterocycles. The zero-order valence-corrected chi connectivity index (χ0v) is 7.28. The van der Waals surface area contributed by atoms with E-state index in [1.54, 1.807) is 18.5 Å². The Morgan fingerprint density at radius 3 is 2.62 bits per heavy atom. The fourth-order valence-electron chi connectivity index (χ4n) is 1.10. The zero-order chi connectivity index (χ0) is 9.26. The van der Waals surface area contributed by atoms with Crippen LogP contribution in [-0.4, -0.2) is 15.0 Å². The van der Waals surface area contributed by atoms with E-state index in [1.807, 2.05) is 13.0 Å². The fraction of sp³-hybridized carbons (Fsp3) is 0.111. The van der Waals surface area contributed by atoms with E-state index in [4.69, 9.17) is 5.73 Å². The lowest BCUT2D eigenvalue weighted by Crippen LogP contribution is -1.89. The van der Waals surface area contributed by atoms with E-state index in [1.165, 1.54) is 0 Å². The Hall–Kier alpha value is -1.84. The number of hydrogen-bond acceptors (Lipinski definition) is 3. The largest absolute Gasteiger partial charge is 0.384 e. The number of imidazole rings is 1. The first kappa shape index (κ1) is 7.79. The summed E-state index contributed by atoms with van der Waals surface area (Å²) in [4.78, 5) is 11.3. The van der Waals surface area contributed by atoms with E-state index < -0.39 is 0 Å². The minimum atomic E-state index is 0.520. The van der Waals surface area contributed by atoms with Crippen molar-refractivity contribution in [3.63, 3.8) is 0 Å². The normalized spacial score (nSPS) is 10.2. The van der Waals surface area contributed by atoms with Crippen LogP contribution in [0.3, 0.4) is 0 Å². The number of aryl methyl sites for hydroxylation is 1. The number of rotatable bonds is 1. The molecule has 0 saturated carbocycles. The number of nitrogens with two attached hydrogens (primary N) is 1. The van der Waals surface area contributed by atoms with Gasteiger partial charge in [0.15, 0.2) is 0 Å². The molecule has 0 spiro atoms. The summed E-state index contributed by atoms with van der Waals surface area (Å²) in [6.07, 6.45) is 3.49. The maximum atomic E-state index is 5.47. The lowest BCUT2D eigenvalue weighted by atomic mass is 10.3. The first-order chi connectivity index (χ1) is 6.25. The van der Waals surface area contributed by atoms with Crippen LogP contribution in [0.1, 0.15) is 5.69 Å². The summed E-state index contributed by atoms with van der Waals surface area (Å²) in [5.41, 5.74) is 7.45. The molecule has 2 rings (SSSR count). The number of pyridine rings is 1. The molecule has 0 fully saturated rings. The van der Waals surface area contributed by atoms with Gasteiger partial charge in [0.05, 0.1) is 0 Å². The standard InChI is InChI=1S/C9H10N4/c1-6-4-12-9(13-6)7-2-3-8(10)11-5-7/h2-5H,1H3,(H2,10,11)(H,12,13). The van der Waals surface area contributed by atoms with E-state index >= 15 is 0 Å². The molecule has 0 bridgehead atoms. The van der Waals surface area contributed by atoms with Gasteiger partial charge in [-0.05, 0) is 19.1 Å². The van der Waals surface area contributed by atoms with Crippen molar-refractivity contribution in [1.29, 1.82) is 0 Å². The highest BCUT2D eigenvalue weighted by molar-refractivity contribution is 5.55. The molecular formula is C9H10N4. The van der Waals surface area contributed by atoms with Gasteiger partial charge in [0.1, 0.15) is 11.6 Å². The van der Waals surface area contributed by atoms with Gasteiger partial charge in [-0.2, -0.15) is 0 Å². The molecule has 0 radical (unpaired) electrons. The first-order valence-electron chi connectivity index (χ1n) is 3.99. The fourth-order valence-corrected chi connectivity index (χ4v) is 1.10. The smallest absolute Gasteiger partial charge is 0.139 e. The molecule has 0 amide bonds. The van der Waals surface area contributed by atoms with Crippen LogP contribution in [0, 0.1) is 6.92 Å². The maximum absolute atomic E-state index is 5.47. The van der Waals surface area contributed by atoms with Crippen molar-refractivity contribution in [3.05, 3.63) is 30.2 Å². The molecule has 13 heavy (non-hydrogen) atoms. The molecule has 0 aliphatic carbocycles. The van der Waals surface area contributed by atoms with Gasteiger partial charge in [0, 0.05) is 23.7 Å². The highest BCUT2D eigenvalue weighted by Crippen LogP contribution is 2.14. The minimum absolute atomic E-state index is 0.520. The van der Waals surface area contributed by atoms with Gasteiger partial charge in [-0.15, -0.1) is 0 Å². The molecule has 0 aliphatic heterocycles. The van der Waals surface area contributed by atoms with Crippen molar-refractivity contribution >= 4 is 5.82 Å². The topological polar surface area (TPSA) is 67.6 Å². The van der Waals surface area contributed by atoms with Gasteiger partial charge >= 0.3 is 0 Å². The van der Waals surface area contributed by atoms with Crippen LogP contribution in [-0.2, 0) is 0 Å². The number of aromatic nitrogens is 3. The molecule has 2 heterocycles. The van der Waals surface area contributed by atoms with Crippen LogP contribution in [0.4, 0.5) is 5.82 Å². The van der Waals surface area contributed by atoms with E-state index in [9.17, 15) is 0 Å². The third-order valence-electron chi connectivity index (χ3n) is 1.76. The van der Waals surface area contributed by atoms with E-state index in [2.05, 4.69) is 15.0 Å². The lowest BCUT2D eigenvalue weighted by molar-refractivity contribution is 1.24. The molecule has 66 valence electrons. The molecule has 0 atom stereocenters. The van der Waals surface area contributed by atoms with Gasteiger partial charge in [-0.1, -0.05) is 0 Å². The van der Waals surface area contributed by atoms with E-state index in [0.717, 1.165) is 17.1 Å². The molecule has 0 unspecified atom stereocenters. The third-order valence-corrected chi connectivity index (χ3v) is 1.76. The number of H-pyrrole nitrogens is 1. The van der Waals surface area contributed by atoms with E-state index in [-0.39, 0.29) is 0 Å². The summed E-state index contributed by atoms with van der Waals surface area (Å²) >= 11 is 0. The average Bonchev–Trinajstić information content (AvgIpc) is 2.53. The van der Waals surface area contributed by atoms with Crippen LogP contribution >= 0.6 is 0 Å². The summed E-state index contributed by atoms with van der Waals surface area (Å²) in [5, 5.41) is 0. The molecule has 2 aromatic rings. The Kier molecular flexibility index (Phi) is 1.73. The monoisotopic (exact) mass is 174 g/mol. The molecule has 0 aromatic carbocycles. The quantitative estimate of drug-likeness (QED) is 0.686. The highest BCUT2D eigenvalue weighted by atomic mass is 14.9. The first-order valence-corrected chi connectivity index (χ1v) is 3.99. The predicted molar refractivity (Wildman–Crippen MR) is 51.0 cm³/mol. The molecule has 3 N–H and O–H groups in total. The summed E-state index contributed by atoms with van der Waals surface area (Å²) in [5.74, 6) is 1.34. The summed E-state index contributed by atoms with van der Waals surface area (Å²) in [6, 6.07) is 3.65. The van der Waals surface area contributed by atoms with Crippen molar-refractivity contribution in [2.24, 2.45) is 0 Å². The second kappa shape index (κ2) is 2.90. The summed E-state index contributed by atoms with van der Waals surface area (Å²) in [6.45, 7) is 1.96. The number of nitrogens with one attached hydrogen (secondary N) is 1. The number of nitrogen functional groups attached to an aromatic ring is 1. The van der Waals surface area contributed by atoms with Gasteiger partial charge in [-0.3, -0.25) is 0 Å². The lowest BCUT2D eigenvalue weighted by Gasteiger charge is -1.95. The predicted octanol–water partition coefficient (Wildman–Crippen LogP) is 1.36. The van der Waals surface area contributed by atoms with Gasteiger partial charge < -0.3 is 10.7 Å². The van der Waals surface area contributed by atoms with Crippen LogP contribution in [0.2, 0.25) is 0 Å². The second-order valence-corrected chi connectivity index (χ2v) is 2.89. The molecule has 0 saturated heterocycles. The van der Waals surface area contributed by atoms with Crippen LogP contribution in [0.5, 0.6) is 0 Å². The second-order valence-electron chi connectivity index (χ2n) is 2.89. The SMILES string of the molecule is Cc1cnc(-c2ccc(N)nc2)[nH]1. The van der Waals surface area contributed by atoms with Crippen molar-refractivity contribution in [3.8, 4) is 11.4 Å². The van der Waals surface area contributed by atoms with Crippen molar-refractivity contribution in [1.82, 2.24) is 15.0 Å². The highest BCUT2D eigenvalue weighted by Gasteiger charge is 2.00. The van der Waals surface area contributed by atoms with Gasteiger partial charge in [0.25, 0.3) is 0 Å².